The maximum absolute atomic E-state index is 6.18. The van der Waals surface area contributed by atoms with Crippen molar-refractivity contribution in [1.29, 1.82) is 0 Å². The minimum atomic E-state index is 0.472. The summed E-state index contributed by atoms with van der Waals surface area (Å²) in [5.41, 5.74) is 10.0. The summed E-state index contributed by atoms with van der Waals surface area (Å²) in [7, 11) is 1.66. The molecule has 6 heteroatoms. The Morgan fingerprint density at radius 1 is 1.00 bits per heavy atom. The van der Waals surface area contributed by atoms with Crippen LogP contribution < -0.4 is 10.5 Å². The Hall–Kier alpha value is -2.61. The number of anilines is 1. The van der Waals surface area contributed by atoms with Crippen molar-refractivity contribution < 1.29 is 4.74 Å². The molecule has 0 spiro atoms. The van der Waals surface area contributed by atoms with Crippen molar-refractivity contribution in [3.63, 3.8) is 0 Å². The summed E-state index contributed by atoms with van der Waals surface area (Å²) in [6.45, 7) is 0. The van der Waals surface area contributed by atoms with Gasteiger partial charge in [-0.15, -0.1) is 0 Å². The van der Waals surface area contributed by atoms with E-state index in [1.54, 1.807) is 7.11 Å². The number of halogens is 1. The van der Waals surface area contributed by atoms with Crippen molar-refractivity contribution in [2.45, 2.75) is 0 Å². The van der Waals surface area contributed by atoms with Gasteiger partial charge in [-0.25, -0.2) is 9.97 Å². The van der Waals surface area contributed by atoms with Crippen LogP contribution in [0.5, 0.6) is 5.75 Å². The molecular weight excluding hydrogens is 427 g/mol. The maximum Gasteiger partial charge on any atom is 0.150 e. The number of methoxy groups -OCH3 is 1. The summed E-state index contributed by atoms with van der Waals surface area (Å²) >= 11 is 2.29. The number of nitrogens with two attached hydrogens (primary N) is 1. The molecule has 2 aromatic carbocycles. The standard InChI is InChI=1S/C19H15IN4O/c1-25-15-8-2-12(3-9-15)16-10-24(14-6-4-13(20)5-7-14)19-17(16)18(21)22-11-23-19/h2-11H,1H3,(H2,21,22,23). The van der Waals surface area contributed by atoms with E-state index in [0.29, 0.717) is 5.82 Å². The molecule has 2 N–H and O–H groups in total. The van der Waals surface area contributed by atoms with Gasteiger partial charge in [0.05, 0.1) is 12.5 Å². The first-order chi connectivity index (χ1) is 12.2. The van der Waals surface area contributed by atoms with Gasteiger partial charge in [0.25, 0.3) is 0 Å². The molecule has 0 unspecified atom stereocenters. The fourth-order valence-corrected chi connectivity index (χ4v) is 3.23. The average Bonchev–Trinajstić information content (AvgIpc) is 3.03. The highest BCUT2D eigenvalue weighted by molar-refractivity contribution is 14.1. The lowest BCUT2D eigenvalue weighted by Gasteiger charge is -2.04. The van der Waals surface area contributed by atoms with Gasteiger partial charge in [-0.05, 0) is 64.6 Å². The van der Waals surface area contributed by atoms with E-state index in [2.05, 4.69) is 63.0 Å². The highest BCUT2D eigenvalue weighted by Gasteiger charge is 2.16. The molecular formula is C19H15IN4O. The second kappa shape index (κ2) is 6.36. The van der Waals surface area contributed by atoms with E-state index >= 15 is 0 Å². The van der Waals surface area contributed by atoms with Crippen molar-refractivity contribution >= 4 is 39.4 Å². The Morgan fingerprint density at radius 3 is 2.40 bits per heavy atom. The minimum Gasteiger partial charge on any atom is -0.497 e. The van der Waals surface area contributed by atoms with Crippen LogP contribution in [-0.4, -0.2) is 21.6 Å². The van der Waals surface area contributed by atoms with Gasteiger partial charge in [0, 0.05) is 21.0 Å². The van der Waals surface area contributed by atoms with Gasteiger partial charge in [0.1, 0.15) is 17.9 Å². The molecule has 0 atom stereocenters. The molecule has 0 bridgehead atoms. The van der Waals surface area contributed by atoms with Crippen LogP contribution in [0.15, 0.2) is 61.1 Å². The van der Waals surface area contributed by atoms with Crippen LogP contribution in [0, 0.1) is 3.57 Å². The van der Waals surface area contributed by atoms with Crippen molar-refractivity contribution in [1.82, 2.24) is 14.5 Å². The highest BCUT2D eigenvalue weighted by atomic mass is 127. The SMILES string of the molecule is COc1ccc(-c2cn(-c3ccc(I)cc3)c3ncnc(N)c23)cc1. The molecule has 124 valence electrons. The number of aromatic nitrogens is 3. The quantitative estimate of drug-likeness (QED) is 0.481. The van der Waals surface area contributed by atoms with Crippen LogP contribution >= 0.6 is 22.6 Å². The fourth-order valence-electron chi connectivity index (χ4n) is 2.87. The van der Waals surface area contributed by atoms with Crippen LogP contribution in [0.4, 0.5) is 5.82 Å². The van der Waals surface area contributed by atoms with E-state index < -0.39 is 0 Å². The molecule has 0 aliphatic carbocycles. The number of fused-ring (bicyclic) bond motifs is 1. The lowest BCUT2D eigenvalue weighted by atomic mass is 10.1. The number of hydrogen-bond acceptors (Lipinski definition) is 4. The zero-order chi connectivity index (χ0) is 17.4. The highest BCUT2D eigenvalue weighted by Crippen LogP contribution is 2.34. The third kappa shape index (κ3) is 2.82. The largest absolute Gasteiger partial charge is 0.497 e. The van der Waals surface area contributed by atoms with E-state index in [-0.39, 0.29) is 0 Å². The summed E-state index contributed by atoms with van der Waals surface area (Å²) in [5.74, 6) is 1.29. The molecule has 2 heterocycles. The molecule has 0 saturated carbocycles. The Kier molecular flexibility index (Phi) is 4.04. The first kappa shape index (κ1) is 15.9. The molecule has 4 aromatic rings. The van der Waals surface area contributed by atoms with Gasteiger partial charge in [0.2, 0.25) is 0 Å². The van der Waals surface area contributed by atoms with Gasteiger partial charge < -0.3 is 15.0 Å². The first-order valence-electron chi connectivity index (χ1n) is 7.69. The van der Waals surface area contributed by atoms with Gasteiger partial charge in [-0.2, -0.15) is 0 Å². The number of hydrogen-bond donors (Lipinski definition) is 1. The Labute approximate surface area is 158 Å². The molecule has 0 fully saturated rings. The van der Waals surface area contributed by atoms with Crippen LogP contribution in [0.3, 0.4) is 0 Å². The summed E-state index contributed by atoms with van der Waals surface area (Å²) in [6, 6.07) is 16.2. The third-order valence-corrected chi connectivity index (χ3v) is 4.84. The summed E-state index contributed by atoms with van der Waals surface area (Å²) in [6.07, 6.45) is 3.55. The molecule has 0 saturated heterocycles. The summed E-state index contributed by atoms with van der Waals surface area (Å²) < 4.78 is 8.47. The van der Waals surface area contributed by atoms with E-state index in [0.717, 1.165) is 33.6 Å². The Balaban J connectivity index is 1.96. The maximum atomic E-state index is 6.18. The predicted molar refractivity (Wildman–Crippen MR) is 108 cm³/mol. The van der Waals surface area contributed by atoms with Crippen molar-refractivity contribution in [2.75, 3.05) is 12.8 Å². The predicted octanol–water partition coefficient (Wildman–Crippen LogP) is 4.28. The lowest BCUT2D eigenvalue weighted by Crippen LogP contribution is -1.96. The van der Waals surface area contributed by atoms with Crippen molar-refractivity contribution in [3.8, 4) is 22.6 Å². The zero-order valence-corrected chi connectivity index (χ0v) is 15.6. The molecule has 25 heavy (non-hydrogen) atoms. The van der Waals surface area contributed by atoms with Crippen LogP contribution in [0.25, 0.3) is 27.8 Å². The zero-order valence-electron chi connectivity index (χ0n) is 13.5. The molecule has 2 aromatic heterocycles. The van der Waals surface area contributed by atoms with Gasteiger partial charge >= 0.3 is 0 Å². The first-order valence-corrected chi connectivity index (χ1v) is 8.77. The smallest absolute Gasteiger partial charge is 0.150 e. The van der Waals surface area contributed by atoms with Crippen LogP contribution in [0.1, 0.15) is 0 Å². The van der Waals surface area contributed by atoms with E-state index in [4.69, 9.17) is 10.5 Å². The molecule has 4 rings (SSSR count). The van der Waals surface area contributed by atoms with Gasteiger partial charge in [-0.1, -0.05) is 12.1 Å². The lowest BCUT2D eigenvalue weighted by molar-refractivity contribution is 0.415. The second-order valence-electron chi connectivity index (χ2n) is 5.58. The topological polar surface area (TPSA) is 66.0 Å². The van der Waals surface area contributed by atoms with E-state index in [1.807, 2.05) is 28.8 Å². The third-order valence-electron chi connectivity index (χ3n) is 4.12. The summed E-state index contributed by atoms with van der Waals surface area (Å²) in [4.78, 5) is 8.64. The average molecular weight is 442 g/mol. The fraction of sp³-hybridized carbons (Fsp3) is 0.0526. The molecule has 0 radical (unpaired) electrons. The van der Waals surface area contributed by atoms with Gasteiger partial charge in [0.15, 0.2) is 5.65 Å². The summed E-state index contributed by atoms with van der Waals surface area (Å²) in [5, 5.41) is 0.853. The van der Waals surface area contributed by atoms with E-state index in [9.17, 15) is 0 Å². The molecule has 0 aliphatic rings. The molecule has 5 nitrogen and oxygen atoms in total. The minimum absolute atomic E-state index is 0.472. The van der Waals surface area contributed by atoms with Crippen LogP contribution in [-0.2, 0) is 0 Å². The van der Waals surface area contributed by atoms with Gasteiger partial charge in [-0.3, -0.25) is 0 Å². The number of ether oxygens (including phenoxy) is 1. The Morgan fingerprint density at radius 2 is 1.72 bits per heavy atom. The van der Waals surface area contributed by atoms with Crippen molar-refractivity contribution in [2.24, 2.45) is 0 Å². The van der Waals surface area contributed by atoms with Crippen LogP contribution in [0.2, 0.25) is 0 Å². The Bertz CT molecular complexity index is 1040. The number of nitrogen functional groups attached to an aromatic ring is 1. The molecule has 0 aliphatic heterocycles. The number of benzene rings is 2. The monoisotopic (exact) mass is 442 g/mol. The number of rotatable bonds is 3. The normalized spacial score (nSPS) is 11.0. The van der Waals surface area contributed by atoms with E-state index in [1.165, 1.54) is 9.90 Å². The number of nitrogens with zero attached hydrogens (tertiary/aromatic N) is 3. The second-order valence-corrected chi connectivity index (χ2v) is 6.82. The molecule has 0 amide bonds. The van der Waals surface area contributed by atoms with Crippen molar-refractivity contribution in [3.05, 3.63) is 64.6 Å².